The lowest BCUT2D eigenvalue weighted by Gasteiger charge is -2.20. The van der Waals surface area contributed by atoms with Crippen LogP contribution in [-0.2, 0) is 15.6 Å². The fraction of sp³-hybridized carbons (Fsp3) is 0.190. The standard InChI is InChI=1S/C21H13N3OS.H2/c25-19-21-9-20(21,10-22-19)15-11-5-1-3-7-13(11)23-17(15)18-16(21)12-6-2-4-8-14(12)24(18)26-23;/h1-8H,9-10H2,(H,22,25);1H. The predicted octanol–water partition coefficient (Wildman–Crippen LogP) is 3.83. The van der Waals surface area contributed by atoms with Crippen LogP contribution in [0.1, 0.15) is 19.0 Å². The van der Waals surface area contributed by atoms with Gasteiger partial charge in [-0.15, -0.1) is 0 Å². The monoisotopic (exact) mass is 357 g/mol. The first-order valence-corrected chi connectivity index (χ1v) is 9.76. The molecule has 3 aliphatic rings. The molecule has 2 fully saturated rings. The average molecular weight is 357 g/mol. The first-order valence-electron chi connectivity index (χ1n) is 9.03. The Bertz CT molecular complexity index is 1510. The topological polar surface area (TPSA) is 37.9 Å². The fourth-order valence-electron chi connectivity index (χ4n) is 6.15. The molecule has 4 heterocycles. The Morgan fingerprint density at radius 3 is 2.27 bits per heavy atom. The highest BCUT2D eigenvalue weighted by Crippen LogP contribution is 2.74. The van der Waals surface area contributed by atoms with E-state index in [1.54, 1.807) is 11.7 Å². The summed E-state index contributed by atoms with van der Waals surface area (Å²) in [7, 11) is 0. The van der Waals surface area contributed by atoms with Crippen LogP contribution < -0.4 is 5.32 Å². The maximum Gasteiger partial charge on any atom is 0.231 e. The van der Waals surface area contributed by atoms with Gasteiger partial charge in [-0.05, 0) is 24.1 Å². The van der Waals surface area contributed by atoms with Crippen molar-refractivity contribution in [3.63, 3.8) is 0 Å². The molecule has 0 bridgehead atoms. The molecule has 5 heteroatoms. The van der Waals surface area contributed by atoms with Crippen molar-refractivity contribution in [3.05, 3.63) is 59.7 Å². The second-order valence-electron chi connectivity index (χ2n) is 8.00. The Morgan fingerprint density at radius 2 is 1.54 bits per heavy atom. The van der Waals surface area contributed by atoms with E-state index in [0.29, 0.717) is 0 Å². The quantitative estimate of drug-likeness (QED) is 0.449. The highest BCUT2D eigenvalue weighted by atomic mass is 32.1. The van der Waals surface area contributed by atoms with E-state index in [0.717, 1.165) is 13.0 Å². The molecule has 8 rings (SSSR count). The van der Waals surface area contributed by atoms with Crippen LogP contribution in [0.2, 0.25) is 0 Å². The minimum absolute atomic E-state index is 0. The molecule has 2 aliphatic carbocycles. The number of aromatic nitrogens is 2. The number of piperidine rings is 1. The first kappa shape index (κ1) is 12.5. The van der Waals surface area contributed by atoms with E-state index in [9.17, 15) is 4.79 Å². The molecule has 1 amide bonds. The van der Waals surface area contributed by atoms with Crippen LogP contribution in [0.4, 0.5) is 0 Å². The Balaban J connectivity index is 0.00000136. The molecule has 5 aromatic rings. The van der Waals surface area contributed by atoms with E-state index >= 15 is 0 Å². The molecule has 4 nitrogen and oxygen atoms in total. The predicted molar refractivity (Wildman–Crippen MR) is 104 cm³/mol. The van der Waals surface area contributed by atoms with Crippen LogP contribution >= 0.6 is 11.7 Å². The van der Waals surface area contributed by atoms with E-state index < -0.39 is 0 Å². The van der Waals surface area contributed by atoms with Gasteiger partial charge in [0.1, 0.15) is 0 Å². The minimum atomic E-state index is -0.375. The molecule has 26 heavy (non-hydrogen) atoms. The van der Waals surface area contributed by atoms with E-state index in [1.165, 1.54) is 44.0 Å². The van der Waals surface area contributed by atoms with Gasteiger partial charge in [0.25, 0.3) is 0 Å². The van der Waals surface area contributed by atoms with Crippen LogP contribution in [0, 0.1) is 0 Å². The molecule has 2 unspecified atom stereocenters. The van der Waals surface area contributed by atoms with E-state index in [1.807, 2.05) is 0 Å². The third kappa shape index (κ3) is 0.936. The zero-order valence-electron chi connectivity index (χ0n) is 13.7. The lowest BCUT2D eigenvalue weighted by atomic mass is 9.78. The second-order valence-corrected chi connectivity index (χ2v) is 8.89. The number of nitrogens with zero attached hydrogens (tertiary/aromatic N) is 2. The minimum Gasteiger partial charge on any atom is -0.354 e. The van der Waals surface area contributed by atoms with Crippen LogP contribution in [0.3, 0.4) is 0 Å². The van der Waals surface area contributed by atoms with Crippen molar-refractivity contribution < 1.29 is 6.22 Å². The average Bonchev–Trinajstić information content (AvgIpc) is 2.94. The lowest BCUT2D eigenvalue weighted by molar-refractivity contribution is -0.122. The van der Waals surface area contributed by atoms with Crippen LogP contribution in [-0.4, -0.2) is 20.0 Å². The highest BCUT2D eigenvalue weighted by Gasteiger charge is 2.80. The molecular formula is C21H15N3OS. The summed E-state index contributed by atoms with van der Waals surface area (Å²) in [6.07, 6.45) is 0.943. The molecule has 126 valence electrons. The maximum absolute atomic E-state index is 13.1. The van der Waals surface area contributed by atoms with Crippen molar-refractivity contribution in [2.24, 2.45) is 0 Å². The summed E-state index contributed by atoms with van der Waals surface area (Å²) >= 11 is 1.76. The molecule has 3 aromatic heterocycles. The van der Waals surface area contributed by atoms with Crippen molar-refractivity contribution in [2.45, 2.75) is 17.3 Å². The number of benzene rings is 2. The van der Waals surface area contributed by atoms with Gasteiger partial charge in [-0.25, -0.2) is 7.58 Å². The maximum atomic E-state index is 13.1. The van der Waals surface area contributed by atoms with Gasteiger partial charge in [-0.1, -0.05) is 36.4 Å². The number of rotatable bonds is 0. The van der Waals surface area contributed by atoms with Gasteiger partial charge in [0, 0.05) is 41.5 Å². The second kappa shape index (κ2) is 3.40. The number of amides is 1. The summed E-state index contributed by atoms with van der Waals surface area (Å²) in [5, 5.41) is 5.77. The molecule has 2 atom stereocenters. The molecule has 1 saturated heterocycles. The lowest BCUT2D eigenvalue weighted by Crippen LogP contribution is -2.28. The molecule has 1 saturated carbocycles. The first-order chi connectivity index (χ1) is 12.8. The zero-order chi connectivity index (χ0) is 16.8. The number of para-hydroxylation sites is 2. The largest absolute Gasteiger partial charge is 0.354 e. The number of carbonyl (C=O) groups is 1. The summed E-state index contributed by atoms with van der Waals surface area (Å²) in [5.41, 5.74) is 7.28. The van der Waals surface area contributed by atoms with Crippen molar-refractivity contribution in [1.82, 2.24) is 12.9 Å². The van der Waals surface area contributed by atoms with Crippen molar-refractivity contribution in [2.75, 3.05) is 6.54 Å². The fourth-order valence-corrected chi connectivity index (χ4v) is 7.33. The van der Waals surface area contributed by atoms with Gasteiger partial charge in [0.05, 0.1) is 27.5 Å². The smallest absolute Gasteiger partial charge is 0.231 e. The molecule has 1 aliphatic heterocycles. The van der Waals surface area contributed by atoms with Crippen LogP contribution in [0.15, 0.2) is 48.5 Å². The Hall–Kier alpha value is -2.79. The number of carbonyl (C=O) groups excluding carboxylic acids is 1. The Morgan fingerprint density at radius 1 is 0.923 bits per heavy atom. The van der Waals surface area contributed by atoms with Gasteiger partial charge in [-0.3, -0.25) is 4.79 Å². The van der Waals surface area contributed by atoms with E-state index in [2.05, 4.69) is 61.4 Å². The molecule has 1 N–H and O–H groups in total. The normalized spacial score (nSPS) is 28.4. The van der Waals surface area contributed by atoms with Crippen LogP contribution in [0.25, 0.3) is 32.8 Å². The van der Waals surface area contributed by atoms with Gasteiger partial charge >= 0.3 is 0 Å². The Kier molecular flexibility index (Phi) is 1.64. The van der Waals surface area contributed by atoms with Crippen LogP contribution in [0.5, 0.6) is 0 Å². The molecule has 2 aromatic carbocycles. The number of nitrogens with one attached hydrogen (secondary N) is 1. The number of fused-ring (bicyclic) bond motifs is 6. The van der Waals surface area contributed by atoms with Gasteiger partial charge in [0.15, 0.2) is 0 Å². The summed E-state index contributed by atoms with van der Waals surface area (Å²) in [6.45, 7) is 0.760. The molecule has 0 radical (unpaired) electrons. The molecule has 0 spiro atoms. The third-order valence-electron chi connectivity index (χ3n) is 7.15. The van der Waals surface area contributed by atoms with Crippen molar-refractivity contribution >= 4 is 50.5 Å². The van der Waals surface area contributed by atoms with E-state index in [4.69, 9.17) is 0 Å². The number of hydrogen-bond donors (Lipinski definition) is 1. The number of hydrogen-bond acceptors (Lipinski definition) is 2. The third-order valence-corrected chi connectivity index (χ3v) is 8.24. The van der Waals surface area contributed by atoms with Gasteiger partial charge in [0.2, 0.25) is 5.91 Å². The Labute approximate surface area is 153 Å². The van der Waals surface area contributed by atoms with E-state index in [-0.39, 0.29) is 18.2 Å². The summed E-state index contributed by atoms with van der Waals surface area (Å²) in [6, 6.07) is 17.2. The SMILES string of the molecule is O=C1NCC23CC12c1c2ccccc2n2sn4c5ccccc5c3c4c12.[HH]. The zero-order valence-corrected chi connectivity index (χ0v) is 14.6. The van der Waals surface area contributed by atoms with Crippen molar-refractivity contribution in [3.8, 4) is 0 Å². The summed E-state index contributed by atoms with van der Waals surface area (Å²) < 4.78 is 4.73. The van der Waals surface area contributed by atoms with Gasteiger partial charge in [-0.2, -0.15) is 0 Å². The molecular weight excluding hydrogens is 342 g/mol. The van der Waals surface area contributed by atoms with Crippen molar-refractivity contribution in [1.29, 1.82) is 0 Å². The summed E-state index contributed by atoms with van der Waals surface area (Å²) in [5.74, 6) is 0.219. The summed E-state index contributed by atoms with van der Waals surface area (Å²) in [4.78, 5) is 13.1. The highest BCUT2D eigenvalue weighted by molar-refractivity contribution is 7.02. The van der Waals surface area contributed by atoms with Gasteiger partial charge < -0.3 is 5.32 Å².